The minimum Gasteiger partial charge on any atom is -0.459 e. The second-order valence-electron chi connectivity index (χ2n) is 5.14. The number of carbonyl (C=O) groups excluding carboxylic acids is 2. The second-order valence-corrected chi connectivity index (χ2v) is 5.14. The molecule has 3 N–H and O–H groups in total. The number of hydrogen-bond donors (Lipinski definition) is 3. The fourth-order valence-electron chi connectivity index (χ4n) is 1.98. The van der Waals surface area contributed by atoms with Crippen molar-refractivity contribution in [2.24, 2.45) is 0 Å². The molecule has 2 rings (SSSR count). The number of halogens is 3. The van der Waals surface area contributed by atoms with E-state index in [-0.39, 0.29) is 24.4 Å². The molecule has 0 spiro atoms. The molecule has 0 aliphatic heterocycles. The Morgan fingerprint density at radius 3 is 2.52 bits per heavy atom. The van der Waals surface area contributed by atoms with Crippen molar-refractivity contribution < 1.29 is 32.1 Å². The van der Waals surface area contributed by atoms with Gasteiger partial charge in [-0.3, -0.25) is 30.6 Å². The molecule has 0 radical (unpaired) electrons. The summed E-state index contributed by atoms with van der Waals surface area (Å²) < 4.78 is 42.7. The predicted molar refractivity (Wildman–Crippen MR) is 85.5 cm³/mol. The van der Waals surface area contributed by atoms with Gasteiger partial charge in [-0.15, -0.1) is 0 Å². The van der Waals surface area contributed by atoms with E-state index in [4.69, 9.17) is 4.42 Å². The highest BCUT2D eigenvalue weighted by Crippen LogP contribution is 2.34. The quantitative estimate of drug-likeness (QED) is 0.517. The highest BCUT2D eigenvalue weighted by Gasteiger charge is 2.33. The van der Waals surface area contributed by atoms with Crippen LogP contribution in [-0.2, 0) is 11.0 Å². The number of furan rings is 1. The van der Waals surface area contributed by atoms with Crippen molar-refractivity contribution in [1.29, 1.82) is 0 Å². The lowest BCUT2D eigenvalue weighted by molar-refractivity contribution is -0.384. The summed E-state index contributed by atoms with van der Waals surface area (Å²) in [5, 5.41) is 13.5. The summed E-state index contributed by atoms with van der Waals surface area (Å²) in [6, 6.07) is 4.88. The number of nitrogens with zero attached hydrogens (tertiary/aromatic N) is 1. The Morgan fingerprint density at radius 2 is 1.93 bits per heavy atom. The smallest absolute Gasteiger partial charge is 0.416 e. The van der Waals surface area contributed by atoms with Gasteiger partial charge in [-0.2, -0.15) is 13.2 Å². The minimum absolute atomic E-state index is 0.0196. The lowest BCUT2D eigenvalue weighted by atomic mass is 10.1. The standard InChI is InChI=1S/C15H13F3N4O5/c16-15(17,18)9-3-4-10(11(8-9)22(25)26)19-6-5-13(23)20-21-14(24)12-2-1-7-27-12/h1-4,7-8,19H,5-6H2,(H,20,23)(H,21,24). The van der Waals surface area contributed by atoms with Crippen LogP contribution in [0.5, 0.6) is 0 Å². The van der Waals surface area contributed by atoms with Crippen LogP contribution in [0.2, 0.25) is 0 Å². The first-order chi connectivity index (χ1) is 12.7. The highest BCUT2D eigenvalue weighted by atomic mass is 19.4. The number of hydrogen-bond acceptors (Lipinski definition) is 6. The van der Waals surface area contributed by atoms with E-state index in [0.29, 0.717) is 12.1 Å². The molecule has 0 saturated heterocycles. The summed E-state index contributed by atoms with van der Waals surface area (Å²) in [6.07, 6.45) is -3.65. The first-order valence-electron chi connectivity index (χ1n) is 7.40. The van der Waals surface area contributed by atoms with Crippen LogP contribution in [0.25, 0.3) is 0 Å². The Kier molecular flexibility index (Phi) is 6.00. The third-order valence-corrected chi connectivity index (χ3v) is 3.25. The minimum atomic E-state index is -4.71. The van der Waals surface area contributed by atoms with Crippen LogP contribution >= 0.6 is 0 Å². The van der Waals surface area contributed by atoms with E-state index in [1.54, 1.807) is 0 Å². The fraction of sp³-hybridized carbons (Fsp3) is 0.200. The van der Waals surface area contributed by atoms with Gasteiger partial charge in [0.15, 0.2) is 5.76 Å². The van der Waals surface area contributed by atoms with E-state index >= 15 is 0 Å². The molecule has 0 bridgehead atoms. The number of alkyl halides is 3. The average Bonchev–Trinajstić information content (AvgIpc) is 3.13. The van der Waals surface area contributed by atoms with Gasteiger partial charge in [0.2, 0.25) is 5.91 Å². The Bertz CT molecular complexity index is 836. The summed E-state index contributed by atoms with van der Waals surface area (Å²) in [7, 11) is 0. The van der Waals surface area contributed by atoms with Crippen LogP contribution in [0.1, 0.15) is 22.5 Å². The third kappa shape index (κ3) is 5.45. The normalized spacial score (nSPS) is 10.9. The van der Waals surface area contributed by atoms with E-state index in [1.165, 1.54) is 18.4 Å². The molecule has 2 aromatic rings. The maximum absolute atomic E-state index is 12.6. The van der Waals surface area contributed by atoms with Gasteiger partial charge in [-0.25, -0.2) is 0 Å². The van der Waals surface area contributed by atoms with E-state index < -0.39 is 34.2 Å². The fourth-order valence-corrected chi connectivity index (χ4v) is 1.98. The molecule has 0 aliphatic rings. The number of rotatable bonds is 6. The molecule has 0 saturated carbocycles. The predicted octanol–water partition coefficient (Wildman–Crippen LogP) is 2.47. The van der Waals surface area contributed by atoms with Gasteiger partial charge in [0.25, 0.3) is 5.69 Å². The van der Waals surface area contributed by atoms with Gasteiger partial charge in [0, 0.05) is 19.0 Å². The van der Waals surface area contributed by atoms with Crippen molar-refractivity contribution in [3.05, 3.63) is 58.0 Å². The Hall–Kier alpha value is -3.57. The van der Waals surface area contributed by atoms with E-state index in [1.807, 2.05) is 0 Å². The Balaban J connectivity index is 1.88. The Labute approximate surface area is 149 Å². The number of amides is 2. The summed E-state index contributed by atoms with van der Waals surface area (Å²) in [5.74, 6) is -1.33. The van der Waals surface area contributed by atoms with Crippen LogP contribution in [-0.4, -0.2) is 23.3 Å². The van der Waals surface area contributed by atoms with Gasteiger partial charge in [0.05, 0.1) is 16.7 Å². The third-order valence-electron chi connectivity index (χ3n) is 3.25. The number of nitro benzene ring substituents is 1. The van der Waals surface area contributed by atoms with Crippen molar-refractivity contribution in [3.8, 4) is 0 Å². The van der Waals surface area contributed by atoms with Crippen molar-refractivity contribution in [3.63, 3.8) is 0 Å². The van der Waals surface area contributed by atoms with Crippen molar-refractivity contribution in [2.45, 2.75) is 12.6 Å². The van der Waals surface area contributed by atoms with E-state index in [2.05, 4.69) is 16.2 Å². The number of carbonyl (C=O) groups is 2. The first-order valence-corrected chi connectivity index (χ1v) is 7.40. The van der Waals surface area contributed by atoms with Crippen molar-refractivity contribution >= 4 is 23.2 Å². The van der Waals surface area contributed by atoms with Crippen LogP contribution < -0.4 is 16.2 Å². The number of hydrazine groups is 1. The molecule has 9 nitrogen and oxygen atoms in total. The zero-order valence-electron chi connectivity index (χ0n) is 13.5. The van der Waals surface area contributed by atoms with Gasteiger partial charge < -0.3 is 9.73 Å². The largest absolute Gasteiger partial charge is 0.459 e. The SMILES string of the molecule is O=C(CCNc1ccc(C(F)(F)F)cc1[N+](=O)[O-])NNC(=O)c1ccco1. The second kappa shape index (κ2) is 8.21. The topological polar surface area (TPSA) is 127 Å². The monoisotopic (exact) mass is 386 g/mol. The van der Waals surface area contributed by atoms with Crippen molar-refractivity contribution in [2.75, 3.05) is 11.9 Å². The van der Waals surface area contributed by atoms with Gasteiger partial charge in [-0.1, -0.05) is 0 Å². The maximum Gasteiger partial charge on any atom is 0.416 e. The number of nitrogens with one attached hydrogen (secondary N) is 3. The molecule has 1 aromatic carbocycles. The van der Waals surface area contributed by atoms with Gasteiger partial charge >= 0.3 is 12.1 Å². The summed E-state index contributed by atoms with van der Waals surface area (Å²) in [6.45, 7) is -0.116. The highest BCUT2D eigenvalue weighted by molar-refractivity contribution is 5.92. The molecule has 0 atom stereocenters. The van der Waals surface area contributed by atoms with Crippen LogP contribution in [0, 0.1) is 10.1 Å². The molecule has 0 fully saturated rings. The van der Waals surface area contributed by atoms with Crippen LogP contribution in [0.3, 0.4) is 0 Å². The average molecular weight is 386 g/mol. The molecule has 27 heavy (non-hydrogen) atoms. The van der Waals surface area contributed by atoms with Gasteiger partial charge in [-0.05, 0) is 24.3 Å². The zero-order chi connectivity index (χ0) is 20.0. The summed E-state index contributed by atoms with van der Waals surface area (Å²) in [4.78, 5) is 33.2. The first kappa shape index (κ1) is 19.8. The van der Waals surface area contributed by atoms with Crippen LogP contribution in [0.4, 0.5) is 24.5 Å². The molecule has 2 amide bonds. The maximum atomic E-state index is 12.6. The van der Waals surface area contributed by atoms with E-state index in [0.717, 1.165) is 6.07 Å². The summed E-state index contributed by atoms with van der Waals surface area (Å²) in [5.41, 5.74) is 2.11. The molecule has 144 valence electrons. The molecule has 0 aliphatic carbocycles. The lowest BCUT2D eigenvalue weighted by Crippen LogP contribution is -2.42. The number of anilines is 1. The van der Waals surface area contributed by atoms with E-state index in [9.17, 15) is 32.9 Å². The summed E-state index contributed by atoms with van der Waals surface area (Å²) >= 11 is 0. The lowest BCUT2D eigenvalue weighted by Gasteiger charge is -2.11. The molecule has 1 aromatic heterocycles. The molecule has 12 heteroatoms. The van der Waals surface area contributed by atoms with Crippen LogP contribution in [0.15, 0.2) is 41.0 Å². The molecular formula is C15H13F3N4O5. The molecule has 1 heterocycles. The van der Waals surface area contributed by atoms with Crippen molar-refractivity contribution in [1.82, 2.24) is 10.9 Å². The molecular weight excluding hydrogens is 373 g/mol. The Morgan fingerprint density at radius 1 is 1.19 bits per heavy atom. The number of benzene rings is 1. The number of nitro groups is 1. The molecule has 0 unspecified atom stereocenters. The van der Waals surface area contributed by atoms with Gasteiger partial charge in [0.1, 0.15) is 5.69 Å². The zero-order valence-corrected chi connectivity index (χ0v) is 13.5.